The zero-order chi connectivity index (χ0) is 7.14. The van der Waals surface area contributed by atoms with Crippen LogP contribution in [0.1, 0.15) is 26.2 Å². The first-order chi connectivity index (χ1) is 4.77. The van der Waals surface area contributed by atoms with Crippen molar-refractivity contribution in [2.45, 2.75) is 32.3 Å². The van der Waals surface area contributed by atoms with Gasteiger partial charge >= 0.3 is 0 Å². The molecule has 0 saturated heterocycles. The molecule has 0 spiro atoms. The minimum atomic E-state index is -0.0243. The predicted octanol–water partition coefficient (Wildman–Crippen LogP) is 1.72. The Bertz CT molecular complexity index is 172. The Morgan fingerprint density at radius 3 is 2.70 bits per heavy atom. The molecule has 0 aliphatic heterocycles. The van der Waals surface area contributed by atoms with Crippen molar-refractivity contribution >= 4 is 0 Å². The Labute approximate surface area is 61.8 Å². The molecule has 3 atom stereocenters. The Hall–Kier alpha value is -0.300. The van der Waals surface area contributed by atoms with E-state index in [1.54, 1.807) is 0 Å². The number of fused-ring (bicyclic) bond motifs is 2. The molecule has 1 heteroatoms. The lowest BCUT2D eigenvalue weighted by atomic mass is 9.70. The van der Waals surface area contributed by atoms with Gasteiger partial charge in [0, 0.05) is 5.92 Å². The molecule has 0 unspecified atom stereocenters. The lowest BCUT2D eigenvalue weighted by Crippen LogP contribution is -2.33. The van der Waals surface area contributed by atoms with Crippen LogP contribution in [0.15, 0.2) is 11.6 Å². The van der Waals surface area contributed by atoms with Crippen molar-refractivity contribution in [1.82, 2.24) is 0 Å². The molecule has 0 radical (unpaired) electrons. The SMILES string of the molecule is CC1=C[C@@H]2CC[C@H]1[C@H](O)C2. The third-order valence-electron chi connectivity index (χ3n) is 2.94. The van der Waals surface area contributed by atoms with Gasteiger partial charge in [0.15, 0.2) is 0 Å². The van der Waals surface area contributed by atoms with Crippen LogP contribution in [0, 0.1) is 11.8 Å². The highest BCUT2D eigenvalue weighted by molar-refractivity contribution is 5.16. The molecule has 0 aromatic heterocycles. The molecule has 0 heterocycles. The van der Waals surface area contributed by atoms with E-state index in [0.717, 1.165) is 6.42 Å². The van der Waals surface area contributed by atoms with Crippen molar-refractivity contribution in [2.75, 3.05) is 0 Å². The molecule has 3 aliphatic carbocycles. The molecule has 2 bridgehead atoms. The lowest BCUT2D eigenvalue weighted by Gasteiger charge is -2.38. The predicted molar refractivity (Wildman–Crippen MR) is 40.6 cm³/mol. The molecule has 56 valence electrons. The summed E-state index contributed by atoms with van der Waals surface area (Å²) in [6, 6.07) is 0. The highest BCUT2D eigenvalue weighted by Gasteiger charge is 2.33. The summed E-state index contributed by atoms with van der Waals surface area (Å²) >= 11 is 0. The first-order valence-corrected chi connectivity index (χ1v) is 4.14. The summed E-state index contributed by atoms with van der Waals surface area (Å²) in [6.45, 7) is 2.15. The largest absolute Gasteiger partial charge is 0.392 e. The van der Waals surface area contributed by atoms with Crippen LogP contribution in [-0.2, 0) is 0 Å². The number of hydrogen-bond acceptors (Lipinski definition) is 1. The molecular weight excluding hydrogens is 124 g/mol. The van der Waals surface area contributed by atoms with Crippen LogP contribution in [-0.4, -0.2) is 11.2 Å². The zero-order valence-electron chi connectivity index (χ0n) is 6.38. The van der Waals surface area contributed by atoms with Gasteiger partial charge < -0.3 is 5.11 Å². The highest BCUT2D eigenvalue weighted by Crippen LogP contribution is 2.40. The minimum absolute atomic E-state index is 0.0243. The number of hydrogen-bond donors (Lipinski definition) is 1. The molecule has 0 amide bonds. The smallest absolute Gasteiger partial charge is 0.0611 e. The second-order valence-corrected chi connectivity index (χ2v) is 3.66. The van der Waals surface area contributed by atoms with Crippen molar-refractivity contribution in [3.05, 3.63) is 11.6 Å². The second-order valence-electron chi connectivity index (χ2n) is 3.66. The van der Waals surface area contributed by atoms with E-state index in [1.807, 2.05) is 0 Å². The van der Waals surface area contributed by atoms with Crippen LogP contribution in [0.2, 0.25) is 0 Å². The van der Waals surface area contributed by atoms with Crippen molar-refractivity contribution in [2.24, 2.45) is 11.8 Å². The van der Waals surface area contributed by atoms with Crippen molar-refractivity contribution in [3.63, 3.8) is 0 Å². The molecule has 1 saturated carbocycles. The van der Waals surface area contributed by atoms with E-state index in [4.69, 9.17) is 0 Å². The Kier molecular flexibility index (Phi) is 1.34. The van der Waals surface area contributed by atoms with Gasteiger partial charge in [0.2, 0.25) is 0 Å². The van der Waals surface area contributed by atoms with E-state index in [0.29, 0.717) is 11.8 Å². The average Bonchev–Trinajstić information content (AvgIpc) is 1.86. The molecule has 0 aromatic rings. The molecule has 3 aliphatic rings. The van der Waals surface area contributed by atoms with E-state index in [2.05, 4.69) is 13.0 Å². The summed E-state index contributed by atoms with van der Waals surface area (Å²) in [7, 11) is 0. The third-order valence-corrected chi connectivity index (χ3v) is 2.94. The van der Waals surface area contributed by atoms with Crippen LogP contribution < -0.4 is 0 Å². The van der Waals surface area contributed by atoms with E-state index in [-0.39, 0.29) is 6.10 Å². The first-order valence-electron chi connectivity index (χ1n) is 4.14. The summed E-state index contributed by atoms with van der Waals surface area (Å²) in [6.07, 6.45) is 5.86. The maximum absolute atomic E-state index is 9.53. The summed E-state index contributed by atoms with van der Waals surface area (Å²) in [5, 5.41) is 9.53. The van der Waals surface area contributed by atoms with E-state index in [9.17, 15) is 5.11 Å². The summed E-state index contributed by atoms with van der Waals surface area (Å²) in [5.74, 6) is 1.20. The summed E-state index contributed by atoms with van der Waals surface area (Å²) < 4.78 is 0. The molecule has 10 heavy (non-hydrogen) atoms. The molecule has 3 rings (SSSR count). The minimum Gasteiger partial charge on any atom is -0.392 e. The van der Waals surface area contributed by atoms with Gasteiger partial charge in [-0.15, -0.1) is 0 Å². The van der Waals surface area contributed by atoms with Gasteiger partial charge in [-0.05, 0) is 32.1 Å². The third kappa shape index (κ3) is 0.807. The van der Waals surface area contributed by atoms with Gasteiger partial charge in [-0.1, -0.05) is 11.6 Å². The standard InChI is InChI=1S/C9H14O/c1-6-4-7-2-3-8(6)9(10)5-7/h4,7-10H,2-3,5H2,1H3/t7-,8+,9+/m0/s1. The van der Waals surface area contributed by atoms with Crippen LogP contribution in [0.4, 0.5) is 0 Å². The maximum atomic E-state index is 9.53. The summed E-state index contributed by atoms with van der Waals surface area (Å²) in [4.78, 5) is 0. The van der Waals surface area contributed by atoms with Crippen LogP contribution in [0.5, 0.6) is 0 Å². The van der Waals surface area contributed by atoms with E-state index >= 15 is 0 Å². The number of allylic oxidation sites excluding steroid dienone is 1. The second kappa shape index (κ2) is 2.09. The lowest BCUT2D eigenvalue weighted by molar-refractivity contribution is 0.0599. The number of aliphatic hydroxyl groups excluding tert-OH is 1. The molecule has 1 N–H and O–H groups in total. The van der Waals surface area contributed by atoms with Gasteiger partial charge in [-0.2, -0.15) is 0 Å². The van der Waals surface area contributed by atoms with Crippen LogP contribution >= 0.6 is 0 Å². The fourth-order valence-corrected chi connectivity index (χ4v) is 2.36. The summed E-state index contributed by atoms with van der Waals surface area (Å²) in [5.41, 5.74) is 1.43. The van der Waals surface area contributed by atoms with Crippen molar-refractivity contribution < 1.29 is 5.11 Å². The average molecular weight is 138 g/mol. The van der Waals surface area contributed by atoms with Crippen LogP contribution in [0.3, 0.4) is 0 Å². The van der Waals surface area contributed by atoms with Gasteiger partial charge in [-0.25, -0.2) is 0 Å². The molecule has 1 fully saturated rings. The Morgan fingerprint density at radius 2 is 2.30 bits per heavy atom. The fraction of sp³-hybridized carbons (Fsp3) is 0.778. The molecular formula is C9H14O. The first kappa shape index (κ1) is 6.41. The highest BCUT2D eigenvalue weighted by atomic mass is 16.3. The van der Waals surface area contributed by atoms with Gasteiger partial charge in [-0.3, -0.25) is 0 Å². The van der Waals surface area contributed by atoms with Gasteiger partial charge in [0.05, 0.1) is 6.10 Å². The quantitative estimate of drug-likeness (QED) is 0.505. The van der Waals surface area contributed by atoms with Gasteiger partial charge in [0.1, 0.15) is 0 Å². The molecule has 0 aromatic carbocycles. The number of aliphatic hydroxyl groups is 1. The monoisotopic (exact) mass is 138 g/mol. The number of rotatable bonds is 0. The Morgan fingerprint density at radius 1 is 1.50 bits per heavy atom. The van der Waals surface area contributed by atoms with Crippen molar-refractivity contribution in [3.8, 4) is 0 Å². The zero-order valence-corrected chi connectivity index (χ0v) is 6.38. The normalized spacial score (nSPS) is 45.4. The van der Waals surface area contributed by atoms with E-state index < -0.39 is 0 Å². The molecule has 1 nitrogen and oxygen atoms in total. The fourth-order valence-electron chi connectivity index (χ4n) is 2.36. The topological polar surface area (TPSA) is 20.2 Å². The van der Waals surface area contributed by atoms with E-state index in [1.165, 1.54) is 18.4 Å². The van der Waals surface area contributed by atoms with Crippen molar-refractivity contribution in [1.29, 1.82) is 0 Å². The van der Waals surface area contributed by atoms with Crippen LogP contribution in [0.25, 0.3) is 0 Å². The van der Waals surface area contributed by atoms with Gasteiger partial charge in [0.25, 0.3) is 0 Å². The maximum Gasteiger partial charge on any atom is 0.0611 e. The Balaban J connectivity index is 2.27.